The molecule has 0 aromatic carbocycles. The maximum absolute atomic E-state index is 3.66. The second-order valence-electron chi connectivity index (χ2n) is 1.50. The average Bonchev–Trinajstić information content (AvgIpc) is 2.22. The summed E-state index contributed by atoms with van der Waals surface area (Å²) in [5, 5.41) is 7.32. The summed E-state index contributed by atoms with van der Waals surface area (Å²) in [4.78, 5) is 0. The third-order valence-electron chi connectivity index (χ3n) is 0.802. The normalized spacial score (nSPS) is 23.5. The summed E-state index contributed by atoms with van der Waals surface area (Å²) in [6.07, 6.45) is 1.72. The van der Waals surface area contributed by atoms with Gasteiger partial charge in [-0.05, 0) is 13.0 Å². The molecule has 0 amide bonds. The van der Waals surface area contributed by atoms with E-state index >= 15 is 0 Å². The van der Waals surface area contributed by atoms with Gasteiger partial charge in [-0.25, -0.2) is 0 Å². The van der Waals surface area contributed by atoms with Crippen LogP contribution >= 0.6 is 0 Å². The SMILES string of the molecule is C=CC1(C)N=N1. The highest BCUT2D eigenvalue weighted by Crippen LogP contribution is 2.26. The van der Waals surface area contributed by atoms with Crippen molar-refractivity contribution in [1.82, 2.24) is 0 Å². The first-order valence-corrected chi connectivity index (χ1v) is 1.84. The molecule has 0 fully saturated rings. The summed E-state index contributed by atoms with van der Waals surface area (Å²) in [6, 6.07) is 0. The number of hydrogen-bond acceptors (Lipinski definition) is 2. The fourth-order valence-electron chi connectivity index (χ4n) is 0.161. The van der Waals surface area contributed by atoms with Crippen LogP contribution in [0, 0.1) is 0 Å². The van der Waals surface area contributed by atoms with Crippen molar-refractivity contribution in [3.8, 4) is 0 Å². The van der Waals surface area contributed by atoms with Gasteiger partial charge >= 0.3 is 0 Å². The van der Waals surface area contributed by atoms with Gasteiger partial charge in [0.25, 0.3) is 0 Å². The van der Waals surface area contributed by atoms with E-state index < -0.39 is 0 Å². The van der Waals surface area contributed by atoms with Crippen LogP contribution in [-0.4, -0.2) is 5.66 Å². The third-order valence-corrected chi connectivity index (χ3v) is 0.802. The molecular formula is C4H6N2. The minimum atomic E-state index is -0.194. The molecule has 0 atom stereocenters. The minimum Gasteiger partial charge on any atom is -0.155 e. The molecule has 1 aliphatic heterocycles. The number of hydrogen-bond donors (Lipinski definition) is 0. The smallest absolute Gasteiger partial charge is 0.155 e. The van der Waals surface area contributed by atoms with Crippen LogP contribution in [0.2, 0.25) is 0 Å². The summed E-state index contributed by atoms with van der Waals surface area (Å²) in [6.45, 7) is 5.41. The largest absolute Gasteiger partial charge is 0.206 e. The summed E-state index contributed by atoms with van der Waals surface area (Å²) in [7, 11) is 0. The molecule has 0 unspecified atom stereocenters. The van der Waals surface area contributed by atoms with Gasteiger partial charge in [0.1, 0.15) is 0 Å². The van der Waals surface area contributed by atoms with Gasteiger partial charge in [-0.15, -0.1) is 0 Å². The molecule has 32 valence electrons. The van der Waals surface area contributed by atoms with Crippen LogP contribution in [0.25, 0.3) is 0 Å². The van der Waals surface area contributed by atoms with Crippen LogP contribution in [0.4, 0.5) is 0 Å². The number of nitrogens with zero attached hydrogens (tertiary/aromatic N) is 2. The van der Waals surface area contributed by atoms with Crippen molar-refractivity contribution in [2.24, 2.45) is 10.2 Å². The Bertz CT molecular complexity index is 98.1. The maximum atomic E-state index is 3.66. The Kier molecular flexibility index (Phi) is 0.409. The predicted octanol–water partition coefficient (Wildman–Crippen LogP) is 1.35. The Morgan fingerprint density at radius 3 is 2.17 bits per heavy atom. The molecule has 0 N–H and O–H groups in total. The Morgan fingerprint density at radius 1 is 1.67 bits per heavy atom. The van der Waals surface area contributed by atoms with Gasteiger partial charge < -0.3 is 0 Å². The highest BCUT2D eigenvalue weighted by Gasteiger charge is 2.28. The molecule has 0 bridgehead atoms. The predicted molar refractivity (Wildman–Crippen MR) is 23.5 cm³/mol. The molecule has 1 heterocycles. The zero-order valence-electron chi connectivity index (χ0n) is 3.68. The van der Waals surface area contributed by atoms with Gasteiger partial charge in [0.05, 0.1) is 0 Å². The lowest BCUT2D eigenvalue weighted by Gasteiger charge is -1.84. The van der Waals surface area contributed by atoms with E-state index in [0.717, 1.165) is 0 Å². The molecule has 6 heavy (non-hydrogen) atoms. The first-order chi connectivity index (χ1) is 2.77. The fourth-order valence-corrected chi connectivity index (χ4v) is 0.161. The van der Waals surface area contributed by atoms with Crippen LogP contribution in [0.5, 0.6) is 0 Å². The molecule has 0 saturated heterocycles. The van der Waals surface area contributed by atoms with Crippen LogP contribution in [0.1, 0.15) is 6.92 Å². The molecule has 0 aromatic heterocycles. The van der Waals surface area contributed by atoms with Crippen LogP contribution in [-0.2, 0) is 0 Å². The van der Waals surface area contributed by atoms with Crippen molar-refractivity contribution in [1.29, 1.82) is 0 Å². The molecular weight excluding hydrogens is 76.1 g/mol. The topological polar surface area (TPSA) is 24.7 Å². The van der Waals surface area contributed by atoms with E-state index in [9.17, 15) is 0 Å². The minimum absolute atomic E-state index is 0.194. The van der Waals surface area contributed by atoms with Gasteiger partial charge in [0.15, 0.2) is 0 Å². The van der Waals surface area contributed by atoms with Crippen molar-refractivity contribution in [3.05, 3.63) is 12.7 Å². The highest BCUT2D eigenvalue weighted by molar-refractivity contribution is 5.03. The third kappa shape index (κ3) is 0.339. The summed E-state index contributed by atoms with van der Waals surface area (Å²) in [5.41, 5.74) is -0.194. The second-order valence-corrected chi connectivity index (χ2v) is 1.50. The van der Waals surface area contributed by atoms with Crippen molar-refractivity contribution >= 4 is 0 Å². The monoisotopic (exact) mass is 82.1 g/mol. The quantitative estimate of drug-likeness (QED) is 0.426. The lowest BCUT2D eigenvalue weighted by atomic mass is 10.3. The van der Waals surface area contributed by atoms with Crippen molar-refractivity contribution in [2.45, 2.75) is 12.6 Å². The van der Waals surface area contributed by atoms with Gasteiger partial charge in [-0.2, -0.15) is 10.2 Å². The van der Waals surface area contributed by atoms with E-state index in [1.165, 1.54) is 0 Å². The lowest BCUT2D eigenvalue weighted by molar-refractivity contribution is 0.849. The molecule has 0 aliphatic carbocycles. The van der Waals surface area contributed by atoms with E-state index in [1.54, 1.807) is 6.08 Å². The maximum Gasteiger partial charge on any atom is 0.206 e. The first-order valence-electron chi connectivity index (χ1n) is 1.84. The second kappa shape index (κ2) is 0.696. The van der Waals surface area contributed by atoms with Crippen LogP contribution in [0.15, 0.2) is 22.9 Å². The van der Waals surface area contributed by atoms with E-state index in [2.05, 4.69) is 16.8 Å². The molecule has 0 spiro atoms. The van der Waals surface area contributed by atoms with E-state index in [1.807, 2.05) is 6.92 Å². The molecule has 1 rings (SSSR count). The lowest BCUT2D eigenvalue weighted by Crippen LogP contribution is -1.93. The average molecular weight is 82.1 g/mol. The number of rotatable bonds is 1. The van der Waals surface area contributed by atoms with E-state index in [-0.39, 0.29) is 5.66 Å². The van der Waals surface area contributed by atoms with Gasteiger partial charge in [-0.1, -0.05) is 6.58 Å². The molecule has 2 heteroatoms. The fraction of sp³-hybridized carbons (Fsp3) is 0.500. The van der Waals surface area contributed by atoms with Gasteiger partial charge in [-0.3, -0.25) is 0 Å². The highest BCUT2D eigenvalue weighted by atomic mass is 15.4. The van der Waals surface area contributed by atoms with Crippen LogP contribution in [0.3, 0.4) is 0 Å². The first kappa shape index (κ1) is 3.53. The van der Waals surface area contributed by atoms with Crippen molar-refractivity contribution in [2.75, 3.05) is 0 Å². The van der Waals surface area contributed by atoms with Gasteiger partial charge in [0, 0.05) is 0 Å². The summed E-state index contributed by atoms with van der Waals surface area (Å²) >= 11 is 0. The molecule has 1 aliphatic rings. The van der Waals surface area contributed by atoms with Crippen molar-refractivity contribution in [3.63, 3.8) is 0 Å². The Balaban J connectivity index is 2.52. The zero-order valence-corrected chi connectivity index (χ0v) is 3.68. The Hall–Kier alpha value is -0.660. The molecule has 0 radical (unpaired) electrons. The van der Waals surface area contributed by atoms with Gasteiger partial charge in [0.2, 0.25) is 5.66 Å². The summed E-state index contributed by atoms with van der Waals surface area (Å²) < 4.78 is 0. The summed E-state index contributed by atoms with van der Waals surface area (Å²) in [5.74, 6) is 0. The molecule has 2 nitrogen and oxygen atoms in total. The van der Waals surface area contributed by atoms with Crippen molar-refractivity contribution < 1.29 is 0 Å². The molecule has 0 saturated carbocycles. The Labute approximate surface area is 36.6 Å². The van der Waals surface area contributed by atoms with Crippen LogP contribution < -0.4 is 0 Å². The standard InChI is InChI=1S/C4H6N2/c1-3-4(2)5-6-4/h3H,1H2,2H3. The van der Waals surface area contributed by atoms with E-state index in [0.29, 0.717) is 0 Å². The Morgan fingerprint density at radius 2 is 2.17 bits per heavy atom. The van der Waals surface area contributed by atoms with E-state index in [4.69, 9.17) is 0 Å². The zero-order chi connectivity index (χ0) is 4.62. The molecule has 0 aromatic rings.